The Morgan fingerprint density at radius 3 is 2.44 bits per heavy atom. The molecule has 0 fully saturated rings. The largest absolute Gasteiger partial charge is 0.356 e. The van der Waals surface area contributed by atoms with Crippen molar-refractivity contribution in [2.45, 2.75) is 32.1 Å². The van der Waals surface area contributed by atoms with E-state index in [0.29, 0.717) is 6.42 Å². The fraction of sp³-hybridized carbons (Fsp3) is 0.500. The number of halogens is 2. The van der Waals surface area contributed by atoms with Crippen molar-refractivity contribution >= 4 is 33.4 Å². The van der Waals surface area contributed by atoms with Crippen LogP contribution in [0, 0.1) is 0 Å². The van der Waals surface area contributed by atoms with Gasteiger partial charge in [-0.2, -0.15) is 0 Å². The van der Waals surface area contributed by atoms with E-state index < -0.39 is 0 Å². The molecule has 1 aromatic rings. The van der Waals surface area contributed by atoms with Gasteiger partial charge in [0.15, 0.2) is 0 Å². The average molecular weight is 333 g/mol. The van der Waals surface area contributed by atoms with Crippen molar-refractivity contribution in [1.82, 2.24) is 5.32 Å². The van der Waals surface area contributed by atoms with Crippen LogP contribution in [0.2, 0.25) is 0 Å². The maximum atomic E-state index is 11.6. The molecule has 4 heteroatoms. The van der Waals surface area contributed by atoms with Crippen molar-refractivity contribution in [2.75, 3.05) is 12.4 Å². The quantitative estimate of drug-likeness (QED) is 0.567. The standard InChI is InChI=1S/C14H19BrClNO/c15-13-7-5-12(6-8-13)11-14(18)17-10-4-2-1-3-9-16/h5-8H,1-4,9-11H2,(H,17,18). The highest BCUT2D eigenvalue weighted by Crippen LogP contribution is 2.10. The van der Waals surface area contributed by atoms with Crippen LogP contribution in [0.5, 0.6) is 0 Å². The van der Waals surface area contributed by atoms with Gasteiger partial charge in [-0.05, 0) is 30.5 Å². The summed E-state index contributed by atoms with van der Waals surface area (Å²) in [5.41, 5.74) is 1.04. The summed E-state index contributed by atoms with van der Waals surface area (Å²) in [4.78, 5) is 11.6. The summed E-state index contributed by atoms with van der Waals surface area (Å²) in [6.07, 6.45) is 4.82. The van der Waals surface area contributed by atoms with Crippen LogP contribution in [0.4, 0.5) is 0 Å². The zero-order valence-corrected chi connectivity index (χ0v) is 12.8. The van der Waals surface area contributed by atoms with Gasteiger partial charge in [-0.25, -0.2) is 0 Å². The lowest BCUT2D eigenvalue weighted by molar-refractivity contribution is -0.120. The monoisotopic (exact) mass is 331 g/mol. The lowest BCUT2D eigenvalue weighted by Crippen LogP contribution is -2.26. The molecule has 18 heavy (non-hydrogen) atoms. The summed E-state index contributed by atoms with van der Waals surface area (Å²) in [6, 6.07) is 7.83. The summed E-state index contributed by atoms with van der Waals surface area (Å²) >= 11 is 8.97. The lowest BCUT2D eigenvalue weighted by atomic mass is 10.1. The maximum Gasteiger partial charge on any atom is 0.224 e. The molecule has 1 rings (SSSR count). The van der Waals surface area contributed by atoms with E-state index in [0.717, 1.165) is 48.1 Å². The van der Waals surface area contributed by atoms with Crippen LogP contribution in [0.25, 0.3) is 0 Å². The number of carbonyl (C=O) groups is 1. The van der Waals surface area contributed by atoms with Gasteiger partial charge in [-0.15, -0.1) is 11.6 Å². The van der Waals surface area contributed by atoms with Gasteiger partial charge in [0, 0.05) is 16.9 Å². The SMILES string of the molecule is O=C(Cc1ccc(Br)cc1)NCCCCCCCl. The van der Waals surface area contributed by atoms with Crippen LogP contribution in [-0.2, 0) is 11.2 Å². The minimum Gasteiger partial charge on any atom is -0.356 e. The normalized spacial score (nSPS) is 10.3. The molecule has 0 spiro atoms. The van der Waals surface area contributed by atoms with Crippen molar-refractivity contribution in [2.24, 2.45) is 0 Å². The number of nitrogens with one attached hydrogen (secondary N) is 1. The van der Waals surface area contributed by atoms with Crippen LogP contribution in [-0.4, -0.2) is 18.3 Å². The summed E-state index contributed by atoms with van der Waals surface area (Å²) < 4.78 is 1.03. The first-order valence-electron chi connectivity index (χ1n) is 6.29. The van der Waals surface area contributed by atoms with Gasteiger partial charge in [0.25, 0.3) is 0 Å². The number of hydrogen-bond acceptors (Lipinski definition) is 1. The van der Waals surface area contributed by atoms with Gasteiger partial charge >= 0.3 is 0 Å². The van der Waals surface area contributed by atoms with Crippen molar-refractivity contribution in [3.63, 3.8) is 0 Å². The van der Waals surface area contributed by atoms with Crippen LogP contribution in [0.1, 0.15) is 31.2 Å². The first-order chi connectivity index (χ1) is 8.72. The molecule has 0 saturated heterocycles. The molecule has 100 valence electrons. The van der Waals surface area contributed by atoms with E-state index in [9.17, 15) is 4.79 Å². The van der Waals surface area contributed by atoms with Gasteiger partial charge in [0.1, 0.15) is 0 Å². The van der Waals surface area contributed by atoms with E-state index in [1.807, 2.05) is 24.3 Å². The Morgan fingerprint density at radius 2 is 1.78 bits per heavy atom. The maximum absolute atomic E-state index is 11.6. The zero-order chi connectivity index (χ0) is 13.2. The second-order valence-electron chi connectivity index (χ2n) is 4.26. The molecule has 1 amide bonds. The first kappa shape index (κ1) is 15.5. The number of unbranched alkanes of at least 4 members (excludes halogenated alkanes) is 3. The molecule has 0 radical (unpaired) electrons. The molecule has 0 heterocycles. The fourth-order valence-electron chi connectivity index (χ4n) is 1.65. The Kier molecular flexibility index (Phi) is 8.10. The summed E-state index contributed by atoms with van der Waals surface area (Å²) in [5.74, 6) is 0.824. The van der Waals surface area contributed by atoms with Crippen LogP contribution in [0.15, 0.2) is 28.7 Å². The molecular weight excluding hydrogens is 314 g/mol. The van der Waals surface area contributed by atoms with Gasteiger partial charge < -0.3 is 5.32 Å². The molecule has 0 aliphatic rings. The summed E-state index contributed by atoms with van der Waals surface area (Å²) in [5, 5.41) is 2.94. The van der Waals surface area contributed by atoms with E-state index in [1.165, 1.54) is 0 Å². The molecule has 0 aromatic heterocycles. The van der Waals surface area contributed by atoms with Gasteiger partial charge in [0.2, 0.25) is 5.91 Å². The van der Waals surface area contributed by atoms with E-state index in [1.54, 1.807) is 0 Å². The minimum atomic E-state index is 0.0923. The van der Waals surface area contributed by atoms with Crippen LogP contribution < -0.4 is 5.32 Å². The lowest BCUT2D eigenvalue weighted by Gasteiger charge is -2.05. The average Bonchev–Trinajstić information content (AvgIpc) is 2.36. The second kappa shape index (κ2) is 9.40. The Labute approximate surface area is 122 Å². The minimum absolute atomic E-state index is 0.0923. The molecule has 1 N–H and O–H groups in total. The highest BCUT2D eigenvalue weighted by Gasteiger charge is 2.02. The summed E-state index contributed by atoms with van der Waals surface area (Å²) in [7, 11) is 0. The number of rotatable bonds is 8. The Bertz CT molecular complexity index is 353. The Morgan fingerprint density at radius 1 is 1.11 bits per heavy atom. The Balaban J connectivity index is 2.12. The third-order valence-corrected chi connectivity index (χ3v) is 3.46. The van der Waals surface area contributed by atoms with E-state index >= 15 is 0 Å². The van der Waals surface area contributed by atoms with Crippen molar-refractivity contribution in [3.05, 3.63) is 34.3 Å². The van der Waals surface area contributed by atoms with Gasteiger partial charge in [0.05, 0.1) is 6.42 Å². The molecule has 0 atom stereocenters. The first-order valence-corrected chi connectivity index (χ1v) is 7.62. The molecule has 0 saturated carbocycles. The molecule has 1 aromatic carbocycles. The number of amides is 1. The van der Waals surface area contributed by atoms with E-state index in [4.69, 9.17) is 11.6 Å². The molecule has 0 unspecified atom stereocenters. The third kappa shape index (κ3) is 7.02. The highest BCUT2D eigenvalue weighted by molar-refractivity contribution is 9.10. The van der Waals surface area contributed by atoms with Crippen LogP contribution >= 0.6 is 27.5 Å². The zero-order valence-electron chi connectivity index (χ0n) is 10.4. The molecular formula is C14H19BrClNO. The highest BCUT2D eigenvalue weighted by atomic mass is 79.9. The van der Waals surface area contributed by atoms with E-state index in [2.05, 4.69) is 21.2 Å². The smallest absolute Gasteiger partial charge is 0.224 e. The van der Waals surface area contributed by atoms with Crippen LogP contribution in [0.3, 0.4) is 0 Å². The molecule has 2 nitrogen and oxygen atoms in total. The molecule has 0 bridgehead atoms. The second-order valence-corrected chi connectivity index (χ2v) is 5.55. The number of alkyl halides is 1. The van der Waals surface area contributed by atoms with Crippen molar-refractivity contribution in [1.29, 1.82) is 0 Å². The third-order valence-electron chi connectivity index (χ3n) is 2.66. The molecule has 0 aliphatic carbocycles. The van der Waals surface area contributed by atoms with Gasteiger partial charge in [-0.3, -0.25) is 4.79 Å². The predicted octanol–water partition coefficient (Wildman–Crippen LogP) is 3.91. The predicted molar refractivity (Wildman–Crippen MR) is 80.0 cm³/mol. The number of benzene rings is 1. The van der Waals surface area contributed by atoms with Crippen molar-refractivity contribution < 1.29 is 4.79 Å². The summed E-state index contributed by atoms with van der Waals surface area (Å²) in [6.45, 7) is 0.762. The van der Waals surface area contributed by atoms with E-state index in [-0.39, 0.29) is 5.91 Å². The number of carbonyl (C=O) groups excluding carboxylic acids is 1. The Hall–Kier alpha value is -0.540. The molecule has 0 aliphatic heterocycles. The van der Waals surface area contributed by atoms with Crippen molar-refractivity contribution in [3.8, 4) is 0 Å². The topological polar surface area (TPSA) is 29.1 Å². The van der Waals surface area contributed by atoms with Gasteiger partial charge in [-0.1, -0.05) is 40.9 Å². The fourth-order valence-corrected chi connectivity index (χ4v) is 2.10. The number of hydrogen-bond donors (Lipinski definition) is 1.